The second-order valence-electron chi connectivity index (χ2n) is 7.70. The molecule has 0 atom stereocenters. The summed E-state index contributed by atoms with van der Waals surface area (Å²) >= 11 is 3.68. The number of hydrogen-bond acceptors (Lipinski definition) is 2. The molecule has 4 rings (SSSR count). The van der Waals surface area contributed by atoms with E-state index in [0.717, 1.165) is 53.2 Å². The SMILES string of the molecule is CCCCc1ccc2[nH]c(-c3ccc(Br)c4cccnc34)c(CCCCN)c2c1. The minimum absolute atomic E-state index is 0.738. The third-order valence-corrected chi connectivity index (χ3v) is 6.35. The molecule has 0 aliphatic heterocycles. The number of nitrogens with two attached hydrogens (primary N) is 1. The molecular formula is C25H28BrN3. The summed E-state index contributed by atoms with van der Waals surface area (Å²) in [5, 5.41) is 2.48. The standard InChI is InChI=1S/C25H28BrN3/c1-2-3-7-17-10-13-23-21(16-17)18(8-4-5-14-27)25(29-23)20-11-12-22(26)19-9-6-15-28-24(19)20/h6,9-13,15-16,29H,2-5,7-8,14,27H2,1H3. The zero-order chi connectivity index (χ0) is 20.2. The summed E-state index contributed by atoms with van der Waals surface area (Å²) in [6, 6.07) is 15.3. The number of rotatable bonds is 8. The van der Waals surface area contributed by atoms with E-state index >= 15 is 0 Å². The number of pyridine rings is 1. The topological polar surface area (TPSA) is 54.7 Å². The minimum Gasteiger partial charge on any atom is -0.354 e. The van der Waals surface area contributed by atoms with Gasteiger partial charge in [0.2, 0.25) is 0 Å². The van der Waals surface area contributed by atoms with Crippen LogP contribution < -0.4 is 5.73 Å². The summed E-state index contributed by atoms with van der Waals surface area (Å²) in [5.41, 5.74) is 13.2. The number of nitrogens with one attached hydrogen (secondary N) is 1. The number of benzene rings is 2. The number of aromatic amines is 1. The molecule has 29 heavy (non-hydrogen) atoms. The molecule has 150 valence electrons. The molecule has 0 aliphatic rings. The predicted octanol–water partition coefficient (Wildman–Crippen LogP) is 6.77. The van der Waals surface area contributed by atoms with Gasteiger partial charge in [-0.15, -0.1) is 0 Å². The van der Waals surface area contributed by atoms with E-state index in [9.17, 15) is 0 Å². The van der Waals surface area contributed by atoms with Crippen molar-refractivity contribution in [3.05, 3.63) is 64.3 Å². The first-order chi connectivity index (χ1) is 14.2. The number of fused-ring (bicyclic) bond motifs is 2. The number of aromatic nitrogens is 2. The van der Waals surface area contributed by atoms with Crippen LogP contribution in [0, 0.1) is 0 Å². The van der Waals surface area contributed by atoms with E-state index in [1.807, 2.05) is 12.3 Å². The van der Waals surface area contributed by atoms with Crippen molar-refractivity contribution in [2.75, 3.05) is 6.54 Å². The highest BCUT2D eigenvalue weighted by molar-refractivity contribution is 9.10. The van der Waals surface area contributed by atoms with Gasteiger partial charge in [0, 0.05) is 32.5 Å². The average molecular weight is 450 g/mol. The van der Waals surface area contributed by atoms with E-state index in [4.69, 9.17) is 10.7 Å². The normalized spacial score (nSPS) is 11.6. The first kappa shape index (κ1) is 20.1. The Labute approximate surface area is 180 Å². The van der Waals surface area contributed by atoms with E-state index in [1.165, 1.54) is 40.6 Å². The van der Waals surface area contributed by atoms with Crippen molar-refractivity contribution in [3.8, 4) is 11.3 Å². The van der Waals surface area contributed by atoms with Gasteiger partial charge >= 0.3 is 0 Å². The molecule has 4 heteroatoms. The summed E-state index contributed by atoms with van der Waals surface area (Å²) in [7, 11) is 0. The van der Waals surface area contributed by atoms with Crippen LogP contribution in [0.2, 0.25) is 0 Å². The van der Waals surface area contributed by atoms with Crippen molar-refractivity contribution in [2.45, 2.75) is 45.4 Å². The number of hydrogen-bond donors (Lipinski definition) is 2. The molecule has 0 aliphatic carbocycles. The van der Waals surface area contributed by atoms with E-state index in [0.29, 0.717) is 0 Å². The maximum Gasteiger partial charge on any atom is 0.0806 e. The summed E-state index contributed by atoms with van der Waals surface area (Å²) in [6.07, 6.45) is 8.62. The lowest BCUT2D eigenvalue weighted by Gasteiger charge is -2.09. The van der Waals surface area contributed by atoms with Crippen molar-refractivity contribution in [3.63, 3.8) is 0 Å². The highest BCUT2D eigenvalue weighted by Crippen LogP contribution is 2.37. The fraction of sp³-hybridized carbons (Fsp3) is 0.320. The van der Waals surface area contributed by atoms with Gasteiger partial charge in [-0.1, -0.05) is 41.4 Å². The summed E-state index contributed by atoms with van der Waals surface area (Å²) in [5.74, 6) is 0. The molecule has 0 spiro atoms. The summed E-state index contributed by atoms with van der Waals surface area (Å²) in [6.45, 7) is 2.99. The minimum atomic E-state index is 0.738. The molecular weight excluding hydrogens is 422 g/mol. The fourth-order valence-electron chi connectivity index (χ4n) is 4.11. The zero-order valence-corrected chi connectivity index (χ0v) is 18.6. The van der Waals surface area contributed by atoms with Crippen LogP contribution in [0.25, 0.3) is 33.1 Å². The van der Waals surface area contributed by atoms with Gasteiger partial charge in [0.15, 0.2) is 0 Å². The van der Waals surface area contributed by atoms with E-state index in [1.54, 1.807) is 0 Å². The fourth-order valence-corrected chi connectivity index (χ4v) is 4.56. The van der Waals surface area contributed by atoms with Crippen molar-refractivity contribution in [2.24, 2.45) is 5.73 Å². The second kappa shape index (κ2) is 9.10. The first-order valence-corrected chi connectivity index (χ1v) is 11.4. The maximum absolute atomic E-state index is 5.78. The lowest BCUT2D eigenvalue weighted by Crippen LogP contribution is -1.99. The molecule has 0 saturated carbocycles. The Hall–Kier alpha value is -2.17. The number of halogens is 1. The van der Waals surface area contributed by atoms with Gasteiger partial charge in [0.1, 0.15) is 0 Å². The Balaban J connectivity index is 1.89. The van der Waals surface area contributed by atoms with Crippen LogP contribution in [-0.2, 0) is 12.8 Å². The van der Waals surface area contributed by atoms with Crippen LogP contribution in [0.15, 0.2) is 53.1 Å². The lowest BCUT2D eigenvalue weighted by molar-refractivity contribution is 0.748. The van der Waals surface area contributed by atoms with Crippen molar-refractivity contribution in [1.82, 2.24) is 9.97 Å². The molecule has 4 aromatic rings. The Morgan fingerprint density at radius 1 is 1.00 bits per heavy atom. The van der Waals surface area contributed by atoms with Gasteiger partial charge in [-0.25, -0.2) is 0 Å². The number of H-pyrrole nitrogens is 1. The molecule has 3 N–H and O–H groups in total. The third-order valence-electron chi connectivity index (χ3n) is 5.66. The highest BCUT2D eigenvalue weighted by atomic mass is 79.9. The Bertz CT molecular complexity index is 1130. The van der Waals surface area contributed by atoms with Crippen LogP contribution in [0.3, 0.4) is 0 Å². The summed E-state index contributed by atoms with van der Waals surface area (Å²) < 4.78 is 1.08. The number of aryl methyl sites for hydroxylation is 2. The maximum atomic E-state index is 5.78. The second-order valence-corrected chi connectivity index (χ2v) is 8.56. The van der Waals surface area contributed by atoms with Crippen LogP contribution in [0.1, 0.15) is 43.7 Å². The van der Waals surface area contributed by atoms with Gasteiger partial charge in [-0.2, -0.15) is 0 Å². The molecule has 0 amide bonds. The molecule has 2 heterocycles. The van der Waals surface area contributed by atoms with E-state index in [2.05, 4.69) is 64.2 Å². The Morgan fingerprint density at radius 2 is 1.90 bits per heavy atom. The van der Waals surface area contributed by atoms with Crippen molar-refractivity contribution in [1.29, 1.82) is 0 Å². The van der Waals surface area contributed by atoms with Crippen LogP contribution in [0.4, 0.5) is 0 Å². The quantitative estimate of drug-likeness (QED) is 0.291. The largest absolute Gasteiger partial charge is 0.354 e. The first-order valence-electron chi connectivity index (χ1n) is 10.6. The van der Waals surface area contributed by atoms with Gasteiger partial charge in [-0.05, 0) is 80.1 Å². The van der Waals surface area contributed by atoms with Crippen LogP contribution >= 0.6 is 15.9 Å². The van der Waals surface area contributed by atoms with E-state index < -0.39 is 0 Å². The van der Waals surface area contributed by atoms with Gasteiger partial charge in [0.25, 0.3) is 0 Å². The van der Waals surface area contributed by atoms with Crippen LogP contribution in [0.5, 0.6) is 0 Å². The highest BCUT2D eigenvalue weighted by Gasteiger charge is 2.17. The van der Waals surface area contributed by atoms with Gasteiger partial charge in [0.05, 0.1) is 11.2 Å². The molecule has 0 saturated heterocycles. The molecule has 0 radical (unpaired) electrons. The van der Waals surface area contributed by atoms with Crippen molar-refractivity contribution >= 4 is 37.7 Å². The lowest BCUT2D eigenvalue weighted by atomic mass is 9.97. The molecule has 0 unspecified atom stereocenters. The zero-order valence-electron chi connectivity index (χ0n) is 17.0. The smallest absolute Gasteiger partial charge is 0.0806 e. The number of unbranched alkanes of at least 4 members (excludes halogenated alkanes) is 2. The Morgan fingerprint density at radius 3 is 2.72 bits per heavy atom. The molecule has 3 nitrogen and oxygen atoms in total. The van der Waals surface area contributed by atoms with E-state index in [-0.39, 0.29) is 0 Å². The molecule has 2 aromatic heterocycles. The van der Waals surface area contributed by atoms with Crippen LogP contribution in [-0.4, -0.2) is 16.5 Å². The van der Waals surface area contributed by atoms with Gasteiger partial charge in [-0.3, -0.25) is 4.98 Å². The molecule has 0 fully saturated rings. The van der Waals surface area contributed by atoms with Crippen molar-refractivity contribution < 1.29 is 0 Å². The Kier molecular flexibility index (Phi) is 6.31. The monoisotopic (exact) mass is 449 g/mol. The molecule has 0 bridgehead atoms. The van der Waals surface area contributed by atoms with Gasteiger partial charge < -0.3 is 10.7 Å². The number of nitrogens with zero attached hydrogens (tertiary/aromatic N) is 1. The summed E-state index contributed by atoms with van der Waals surface area (Å²) in [4.78, 5) is 8.43. The molecule has 2 aromatic carbocycles. The third kappa shape index (κ3) is 4.10. The average Bonchev–Trinajstić information content (AvgIpc) is 3.10. The predicted molar refractivity (Wildman–Crippen MR) is 127 cm³/mol.